The Morgan fingerprint density at radius 2 is 1.81 bits per heavy atom. The van der Waals surface area contributed by atoms with E-state index in [1.807, 2.05) is 23.8 Å². The van der Waals surface area contributed by atoms with Gasteiger partial charge in [-0.15, -0.1) is 0 Å². The van der Waals surface area contributed by atoms with Crippen LogP contribution in [0.25, 0.3) is 5.82 Å². The highest BCUT2D eigenvalue weighted by molar-refractivity contribution is 5.94. The quantitative estimate of drug-likeness (QED) is 0.710. The van der Waals surface area contributed by atoms with E-state index in [-0.39, 0.29) is 11.5 Å². The van der Waals surface area contributed by atoms with E-state index in [0.29, 0.717) is 32.0 Å². The molecule has 0 spiro atoms. The van der Waals surface area contributed by atoms with Gasteiger partial charge in [-0.1, -0.05) is 12.1 Å². The molecule has 2 aromatic heterocycles. The third-order valence-electron chi connectivity index (χ3n) is 4.57. The molecule has 0 unspecified atom stereocenters. The van der Waals surface area contributed by atoms with E-state index in [1.165, 1.54) is 12.1 Å². The molecule has 0 saturated carbocycles. The minimum absolute atomic E-state index is 0.117. The van der Waals surface area contributed by atoms with E-state index in [4.69, 9.17) is 0 Å². The zero-order valence-corrected chi connectivity index (χ0v) is 14.9. The normalized spacial score (nSPS) is 14.4. The number of hydrogen-bond acceptors (Lipinski definition) is 5. The molecule has 8 heteroatoms. The minimum Gasteiger partial charge on any atom is -0.353 e. The number of imidazole rings is 1. The lowest BCUT2D eigenvalue weighted by Crippen LogP contribution is -2.49. The number of benzene rings is 1. The Kier molecular flexibility index (Phi) is 4.53. The summed E-state index contributed by atoms with van der Waals surface area (Å²) < 4.78 is 15.7. The first-order chi connectivity index (χ1) is 13.1. The van der Waals surface area contributed by atoms with Crippen LogP contribution in [0, 0.1) is 12.7 Å². The summed E-state index contributed by atoms with van der Waals surface area (Å²) in [5.74, 6) is 1.47. The van der Waals surface area contributed by atoms with E-state index >= 15 is 0 Å². The monoisotopic (exact) mass is 366 g/mol. The molecular weight excluding hydrogens is 347 g/mol. The van der Waals surface area contributed by atoms with Crippen molar-refractivity contribution in [3.63, 3.8) is 0 Å². The van der Waals surface area contributed by atoms with E-state index in [0.717, 1.165) is 11.6 Å². The summed E-state index contributed by atoms with van der Waals surface area (Å²) in [4.78, 5) is 29.4. The van der Waals surface area contributed by atoms with Crippen LogP contribution < -0.4 is 4.90 Å². The van der Waals surface area contributed by atoms with Crippen LogP contribution in [0.1, 0.15) is 16.2 Å². The van der Waals surface area contributed by atoms with Gasteiger partial charge in [0.05, 0.1) is 5.56 Å². The van der Waals surface area contributed by atoms with Crippen molar-refractivity contribution >= 4 is 11.7 Å². The molecule has 7 nitrogen and oxygen atoms in total. The lowest BCUT2D eigenvalue weighted by Gasteiger charge is -2.35. The first-order valence-electron chi connectivity index (χ1n) is 8.74. The van der Waals surface area contributed by atoms with Gasteiger partial charge in [-0.25, -0.2) is 19.3 Å². The molecule has 1 aliphatic heterocycles. The number of anilines is 1. The number of carbonyl (C=O) groups excluding carboxylic acids is 1. The Hall–Kier alpha value is -3.29. The van der Waals surface area contributed by atoms with Gasteiger partial charge in [0, 0.05) is 44.6 Å². The Balaban J connectivity index is 1.48. The highest BCUT2D eigenvalue weighted by Crippen LogP contribution is 2.19. The second-order valence-corrected chi connectivity index (χ2v) is 6.36. The van der Waals surface area contributed by atoms with Crippen LogP contribution in [0.15, 0.2) is 49.1 Å². The van der Waals surface area contributed by atoms with Gasteiger partial charge >= 0.3 is 0 Å². The van der Waals surface area contributed by atoms with Crippen LogP contribution in [-0.4, -0.2) is 56.5 Å². The zero-order valence-electron chi connectivity index (χ0n) is 14.9. The highest BCUT2D eigenvalue weighted by Gasteiger charge is 2.25. The first-order valence-corrected chi connectivity index (χ1v) is 8.74. The molecular formula is C19H19FN6O. The van der Waals surface area contributed by atoms with Gasteiger partial charge < -0.3 is 9.80 Å². The maximum Gasteiger partial charge on any atom is 0.256 e. The lowest BCUT2D eigenvalue weighted by molar-refractivity contribution is 0.0742. The highest BCUT2D eigenvalue weighted by atomic mass is 19.1. The van der Waals surface area contributed by atoms with E-state index < -0.39 is 5.82 Å². The summed E-state index contributed by atoms with van der Waals surface area (Å²) in [7, 11) is 0. The molecule has 1 aromatic carbocycles. The summed E-state index contributed by atoms with van der Waals surface area (Å²) in [6.07, 6.45) is 5.22. The molecule has 138 valence electrons. The third kappa shape index (κ3) is 3.51. The Labute approximate surface area is 156 Å². The van der Waals surface area contributed by atoms with Crippen molar-refractivity contribution in [2.45, 2.75) is 6.92 Å². The van der Waals surface area contributed by atoms with E-state index in [2.05, 4.69) is 19.9 Å². The smallest absolute Gasteiger partial charge is 0.256 e. The van der Waals surface area contributed by atoms with E-state index in [9.17, 15) is 9.18 Å². The van der Waals surface area contributed by atoms with Gasteiger partial charge in [0.15, 0.2) is 0 Å². The van der Waals surface area contributed by atoms with Gasteiger partial charge in [0.25, 0.3) is 5.91 Å². The standard InChI is InChI=1S/C19H19FN6O/c1-14-22-17(12-18(23-14)26-7-6-21-13-26)24-8-10-25(11-9-24)19(27)15-4-2-3-5-16(15)20/h2-7,12-13H,8-11H2,1H3. The summed E-state index contributed by atoms with van der Waals surface area (Å²) >= 11 is 0. The van der Waals surface area contributed by atoms with Crippen LogP contribution in [0.3, 0.4) is 0 Å². The zero-order chi connectivity index (χ0) is 18.8. The SMILES string of the molecule is Cc1nc(N2CCN(C(=O)c3ccccc3F)CC2)cc(-n2ccnc2)n1. The van der Waals surface area contributed by atoms with Gasteiger partial charge in [-0.3, -0.25) is 9.36 Å². The second kappa shape index (κ2) is 7.14. The molecule has 1 aliphatic rings. The topological polar surface area (TPSA) is 67.2 Å². The molecule has 27 heavy (non-hydrogen) atoms. The van der Waals surface area contributed by atoms with Crippen molar-refractivity contribution in [3.05, 3.63) is 66.3 Å². The summed E-state index contributed by atoms with van der Waals surface area (Å²) in [5, 5.41) is 0. The van der Waals surface area contributed by atoms with Crippen molar-refractivity contribution in [1.82, 2.24) is 24.4 Å². The first kappa shape index (κ1) is 17.1. The average molecular weight is 366 g/mol. The number of carbonyl (C=O) groups is 1. The fraction of sp³-hybridized carbons (Fsp3) is 0.263. The maximum atomic E-state index is 13.9. The fourth-order valence-corrected chi connectivity index (χ4v) is 3.17. The van der Waals surface area contributed by atoms with Crippen molar-refractivity contribution in [1.29, 1.82) is 0 Å². The Bertz CT molecular complexity index is 951. The Morgan fingerprint density at radius 1 is 1.07 bits per heavy atom. The predicted octanol–water partition coefficient (Wildman–Crippen LogP) is 2.07. The summed E-state index contributed by atoms with van der Waals surface area (Å²) in [6.45, 7) is 4.12. The van der Waals surface area contributed by atoms with Crippen molar-refractivity contribution in [2.75, 3.05) is 31.1 Å². The second-order valence-electron chi connectivity index (χ2n) is 6.36. The van der Waals surface area contributed by atoms with Crippen molar-refractivity contribution in [3.8, 4) is 5.82 Å². The number of nitrogens with zero attached hydrogens (tertiary/aromatic N) is 6. The maximum absolute atomic E-state index is 13.9. The number of piperazine rings is 1. The molecule has 0 N–H and O–H groups in total. The molecule has 0 radical (unpaired) electrons. The molecule has 1 fully saturated rings. The lowest BCUT2D eigenvalue weighted by atomic mass is 10.1. The van der Waals surface area contributed by atoms with Crippen molar-refractivity contribution < 1.29 is 9.18 Å². The number of halogens is 1. The fourth-order valence-electron chi connectivity index (χ4n) is 3.17. The number of aromatic nitrogens is 4. The molecule has 0 bridgehead atoms. The molecule has 3 aromatic rings. The van der Waals surface area contributed by atoms with Gasteiger partial charge in [-0.2, -0.15) is 0 Å². The van der Waals surface area contributed by atoms with Gasteiger partial charge in [0.1, 0.15) is 29.6 Å². The molecule has 1 saturated heterocycles. The van der Waals surface area contributed by atoms with Crippen molar-refractivity contribution in [2.24, 2.45) is 0 Å². The number of amides is 1. The summed E-state index contributed by atoms with van der Waals surface area (Å²) in [5.41, 5.74) is 0.117. The minimum atomic E-state index is -0.485. The number of aryl methyl sites for hydroxylation is 1. The number of rotatable bonds is 3. The Morgan fingerprint density at radius 3 is 2.52 bits per heavy atom. The van der Waals surface area contributed by atoms with Crippen LogP contribution in [0.4, 0.5) is 10.2 Å². The van der Waals surface area contributed by atoms with Crippen LogP contribution in [0.5, 0.6) is 0 Å². The van der Waals surface area contributed by atoms with Crippen LogP contribution in [-0.2, 0) is 0 Å². The predicted molar refractivity (Wildman–Crippen MR) is 98.4 cm³/mol. The largest absolute Gasteiger partial charge is 0.353 e. The van der Waals surface area contributed by atoms with Crippen LogP contribution in [0.2, 0.25) is 0 Å². The van der Waals surface area contributed by atoms with E-state index in [1.54, 1.807) is 29.6 Å². The summed E-state index contributed by atoms with van der Waals surface area (Å²) in [6, 6.07) is 8.00. The third-order valence-corrected chi connectivity index (χ3v) is 4.57. The van der Waals surface area contributed by atoms with Gasteiger partial charge in [0.2, 0.25) is 0 Å². The average Bonchev–Trinajstić information content (AvgIpc) is 3.22. The number of hydrogen-bond donors (Lipinski definition) is 0. The molecule has 0 atom stereocenters. The van der Waals surface area contributed by atoms with Crippen LogP contribution >= 0.6 is 0 Å². The molecule has 0 aliphatic carbocycles. The molecule has 3 heterocycles. The molecule has 1 amide bonds. The molecule has 4 rings (SSSR count). The van der Waals surface area contributed by atoms with Gasteiger partial charge in [-0.05, 0) is 19.1 Å².